The molecule has 0 aromatic heterocycles. The Morgan fingerprint density at radius 1 is 1.44 bits per heavy atom. The van der Waals surface area contributed by atoms with Crippen molar-refractivity contribution in [2.75, 3.05) is 26.3 Å². The molecule has 94 valence electrons. The SMILES string of the molecule is CC(C)N(CCC(N)=S)CC1CCOCC1. The van der Waals surface area contributed by atoms with Crippen molar-refractivity contribution in [3.05, 3.63) is 0 Å². The lowest BCUT2D eigenvalue weighted by atomic mass is 9.99. The van der Waals surface area contributed by atoms with Gasteiger partial charge >= 0.3 is 0 Å². The predicted molar refractivity (Wildman–Crippen MR) is 71.7 cm³/mol. The molecule has 2 N–H and O–H groups in total. The van der Waals surface area contributed by atoms with E-state index in [4.69, 9.17) is 22.7 Å². The lowest BCUT2D eigenvalue weighted by molar-refractivity contribution is 0.0483. The maximum atomic E-state index is 5.56. The van der Waals surface area contributed by atoms with Crippen LogP contribution in [0.2, 0.25) is 0 Å². The molecule has 16 heavy (non-hydrogen) atoms. The third-order valence-corrected chi connectivity index (χ3v) is 3.41. The molecule has 3 nitrogen and oxygen atoms in total. The number of ether oxygens (including phenoxy) is 1. The van der Waals surface area contributed by atoms with Crippen molar-refractivity contribution >= 4 is 17.2 Å². The first-order valence-corrected chi connectivity index (χ1v) is 6.60. The normalized spacial score (nSPS) is 18.2. The highest BCUT2D eigenvalue weighted by atomic mass is 32.1. The minimum Gasteiger partial charge on any atom is -0.393 e. The molecule has 4 heteroatoms. The monoisotopic (exact) mass is 244 g/mol. The van der Waals surface area contributed by atoms with E-state index in [-0.39, 0.29) is 0 Å². The molecule has 1 aliphatic rings. The summed E-state index contributed by atoms with van der Waals surface area (Å²) < 4.78 is 5.38. The van der Waals surface area contributed by atoms with Gasteiger partial charge in [-0.15, -0.1) is 0 Å². The smallest absolute Gasteiger partial charge is 0.0740 e. The molecule has 1 fully saturated rings. The second-order valence-electron chi connectivity index (χ2n) is 4.86. The average molecular weight is 244 g/mol. The molecule has 1 heterocycles. The third-order valence-electron chi connectivity index (χ3n) is 3.21. The fourth-order valence-electron chi connectivity index (χ4n) is 2.07. The van der Waals surface area contributed by atoms with E-state index in [9.17, 15) is 0 Å². The molecule has 1 saturated heterocycles. The quantitative estimate of drug-likeness (QED) is 0.723. The number of rotatable bonds is 6. The molecule has 0 saturated carbocycles. The minimum absolute atomic E-state index is 0.567. The summed E-state index contributed by atoms with van der Waals surface area (Å²) in [6, 6.07) is 0.567. The van der Waals surface area contributed by atoms with Crippen LogP contribution < -0.4 is 5.73 Å². The van der Waals surface area contributed by atoms with Gasteiger partial charge in [0.25, 0.3) is 0 Å². The van der Waals surface area contributed by atoms with Crippen molar-refractivity contribution in [1.29, 1.82) is 0 Å². The standard InChI is InChI=1S/C12H24N2OS/c1-10(2)14(6-3-12(13)16)9-11-4-7-15-8-5-11/h10-11H,3-9H2,1-2H3,(H2,13,16). The fraction of sp³-hybridized carbons (Fsp3) is 0.917. The highest BCUT2D eigenvalue weighted by Crippen LogP contribution is 2.17. The molecule has 1 aliphatic heterocycles. The number of hydrogen-bond acceptors (Lipinski definition) is 3. The van der Waals surface area contributed by atoms with Crippen LogP contribution >= 0.6 is 12.2 Å². The Bertz CT molecular complexity index is 215. The Hall–Kier alpha value is -0.190. The molecular formula is C12H24N2OS. The van der Waals surface area contributed by atoms with Gasteiger partial charge in [0.1, 0.15) is 0 Å². The van der Waals surface area contributed by atoms with Crippen LogP contribution in [-0.4, -0.2) is 42.2 Å². The maximum Gasteiger partial charge on any atom is 0.0740 e. The van der Waals surface area contributed by atoms with Crippen LogP contribution in [0.1, 0.15) is 33.1 Å². The van der Waals surface area contributed by atoms with Gasteiger partial charge in [-0.25, -0.2) is 0 Å². The minimum atomic E-state index is 0.567. The molecule has 0 amide bonds. The van der Waals surface area contributed by atoms with Gasteiger partial charge in [-0.1, -0.05) is 12.2 Å². The zero-order valence-corrected chi connectivity index (χ0v) is 11.3. The Morgan fingerprint density at radius 2 is 2.06 bits per heavy atom. The van der Waals surface area contributed by atoms with Crippen LogP contribution in [0.3, 0.4) is 0 Å². The highest BCUT2D eigenvalue weighted by molar-refractivity contribution is 7.80. The van der Waals surface area contributed by atoms with Gasteiger partial charge in [0.05, 0.1) is 4.99 Å². The van der Waals surface area contributed by atoms with E-state index in [1.54, 1.807) is 0 Å². The zero-order valence-electron chi connectivity index (χ0n) is 10.4. The Kier molecular flexibility index (Phi) is 6.24. The van der Waals surface area contributed by atoms with E-state index < -0.39 is 0 Å². The molecule has 0 aromatic rings. The first-order chi connectivity index (χ1) is 7.59. The van der Waals surface area contributed by atoms with E-state index in [1.165, 1.54) is 12.8 Å². The summed E-state index contributed by atoms with van der Waals surface area (Å²) >= 11 is 4.94. The fourth-order valence-corrected chi connectivity index (χ4v) is 2.17. The van der Waals surface area contributed by atoms with Crippen LogP contribution in [-0.2, 0) is 4.74 Å². The summed E-state index contributed by atoms with van der Waals surface area (Å²) in [5, 5.41) is 0. The van der Waals surface area contributed by atoms with Gasteiger partial charge in [0.2, 0.25) is 0 Å². The lowest BCUT2D eigenvalue weighted by Gasteiger charge is -2.32. The summed E-state index contributed by atoms with van der Waals surface area (Å²) in [5.41, 5.74) is 5.56. The topological polar surface area (TPSA) is 38.5 Å². The Morgan fingerprint density at radius 3 is 2.56 bits per heavy atom. The first kappa shape index (κ1) is 13.9. The van der Waals surface area contributed by atoms with Crippen molar-refractivity contribution in [1.82, 2.24) is 4.90 Å². The van der Waals surface area contributed by atoms with E-state index in [0.29, 0.717) is 11.0 Å². The van der Waals surface area contributed by atoms with Crippen LogP contribution in [0, 0.1) is 5.92 Å². The van der Waals surface area contributed by atoms with Gasteiger partial charge in [0.15, 0.2) is 0 Å². The summed E-state index contributed by atoms with van der Waals surface area (Å²) in [6.45, 7) is 8.46. The van der Waals surface area contributed by atoms with Crippen LogP contribution in [0.15, 0.2) is 0 Å². The zero-order chi connectivity index (χ0) is 12.0. The van der Waals surface area contributed by atoms with Crippen LogP contribution in [0.4, 0.5) is 0 Å². The molecule has 0 spiro atoms. The second kappa shape index (κ2) is 7.20. The predicted octanol–water partition coefficient (Wildman–Crippen LogP) is 1.80. The molecule has 0 aromatic carbocycles. The average Bonchev–Trinajstić information content (AvgIpc) is 2.25. The molecule has 0 bridgehead atoms. The van der Waals surface area contributed by atoms with Crippen molar-refractivity contribution in [3.63, 3.8) is 0 Å². The summed E-state index contributed by atoms with van der Waals surface area (Å²) in [5.74, 6) is 0.780. The summed E-state index contributed by atoms with van der Waals surface area (Å²) in [4.78, 5) is 3.10. The van der Waals surface area contributed by atoms with E-state index in [1.807, 2.05) is 0 Å². The van der Waals surface area contributed by atoms with Gasteiger partial charge in [-0.3, -0.25) is 0 Å². The van der Waals surface area contributed by atoms with Crippen molar-refractivity contribution < 1.29 is 4.74 Å². The molecule has 0 atom stereocenters. The van der Waals surface area contributed by atoms with Gasteiger partial charge in [-0.05, 0) is 32.6 Å². The van der Waals surface area contributed by atoms with Gasteiger partial charge < -0.3 is 15.4 Å². The Balaban J connectivity index is 2.34. The second-order valence-corrected chi connectivity index (χ2v) is 5.39. The van der Waals surface area contributed by atoms with Crippen molar-refractivity contribution in [3.8, 4) is 0 Å². The number of hydrogen-bond donors (Lipinski definition) is 1. The summed E-state index contributed by atoms with van der Waals surface area (Å²) in [6.07, 6.45) is 3.21. The first-order valence-electron chi connectivity index (χ1n) is 6.19. The van der Waals surface area contributed by atoms with Crippen molar-refractivity contribution in [2.45, 2.75) is 39.2 Å². The summed E-state index contributed by atoms with van der Waals surface area (Å²) in [7, 11) is 0. The highest BCUT2D eigenvalue weighted by Gasteiger charge is 2.19. The van der Waals surface area contributed by atoms with E-state index in [2.05, 4.69) is 18.7 Å². The van der Waals surface area contributed by atoms with Gasteiger partial charge in [-0.2, -0.15) is 0 Å². The maximum absolute atomic E-state index is 5.56. The van der Waals surface area contributed by atoms with Gasteiger partial charge in [0, 0.05) is 38.8 Å². The number of nitrogens with two attached hydrogens (primary N) is 1. The van der Waals surface area contributed by atoms with Crippen LogP contribution in [0.5, 0.6) is 0 Å². The largest absolute Gasteiger partial charge is 0.393 e. The van der Waals surface area contributed by atoms with E-state index in [0.717, 1.165) is 38.6 Å². The van der Waals surface area contributed by atoms with Crippen LogP contribution in [0.25, 0.3) is 0 Å². The third kappa shape index (κ3) is 5.23. The molecular weight excluding hydrogens is 220 g/mol. The Labute approximate surface area is 104 Å². The van der Waals surface area contributed by atoms with E-state index >= 15 is 0 Å². The molecule has 0 unspecified atom stereocenters. The molecule has 0 radical (unpaired) electrons. The molecule has 0 aliphatic carbocycles. The number of nitrogens with zero attached hydrogens (tertiary/aromatic N) is 1. The number of thiocarbonyl (C=S) groups is 1. The lowest BCUT2D eigenvalue weighted by Crippen LogP contribution is -2.38. The molecule has 1 rings (SSSR count). The van der Waals surface area contributed by atoms with Crippen molar-refractivity contribution in [2.24, 2.45) is 11.7 Å².